The van der Waals surface area contributed by atoms with Crippen LogP contribution in [0.25, 0.3) is 6.08 Å². The van der Waals surface area contributed by atoms with Crippen molar-refractivity contribution in [3.05, 3.63) is 64.0 Å². The molecule has 2 heterocycles. The van der Waals surface area contributed by atoms with Crippen molar-refractivity contribution < 1.29 is 19.1 Å². The van der Waals surface area contributed by atoms with Crippen molar-refractivity contribution in [2.75, 3.05) is 37.8 Å². The highest BCUT2D eigenvalue weighted by Crippen LogP contribution is 2.37. The minimum Gasteiger partial charge on any atom is -0.483 e. The van der Waals surface area contributed by atoms with Crippen LogP contribution in [-0.4, -0.2) is 53.9 Å². The van der Waals surface area contributed by atoms with Gasteiger partial charge in [0, 0.05) is 23.7 Å². The van der Waals surface area contributed by atoms with Gasteiger partial charge in [0.05, 0.1) is 23.8 Å². The Morgan fingerprint density at radius 1 is 1.16 bits per heavy atom. The molecule has 6 nitrogen and oxygen atoms in total. The Morgan fingerprint density at radius 3 is 2.61 bits per heavy atom. The number of benzene rings is 2. The predicted molar refractivity (Wildman–Crippen MR) is 126 cm³/mol. The number of halogens is 1. The van der Waals surface area contributed by atoms with Crippen LogP contribution in [0.3, 0.4) is 0 Å². The number of hydrogen-bond donors (Lipinski definition) is 0. The monoisotopic (exact) mass is 474 g/mol. The number of morpholine rings is 1. The Labute approximate surface area is 194 Å². The molecule has 0 N–H and O–H groups in total. The minimum absolute atomic E-state index is 0.0728. The molecule has 160 valence electrons. The standard InChI is InChI=1S/C22H19ClN2O4S2/c23-16-5-7-17(8-6-16)25-21(27)19(31-22(25)30)13-15-3-1-2-4-18(15)29-14-20(26)24-9-11-28-12-10-24/h1-8,13H,9-12,14H2/b19-13-. The van der Waals surface area contributed by atoms with Crippen molar-refractivity contribution in [3.8, 4) is 5.75 Å². The van der Waals surface area contributed by atoms with Gasteiger partial charge in [-0.3, -0.25) is 14.5 Å². The Bertz CT molecular complexity index is 1040. The third-order valence-corrected chi connectivity index (χ3v) is 6.35. The van der Waals surface area contributed by atoms with Crippen molar-refractivity contribution in [2.45, 2.75) is 0 Å². The molecule has 2 aromatic carbocycles. The minimum atomic E-state index is -0.212. The van der Waals surface area contributed by atoms with Crippen LogP contribution in [0.4, 0.5) is 5.69 Å². The van der Waals surface area contributed by atoms with Gasteiger partial charge in [-0.05, 0) is 36.4 Å². The summed E-state index contributed by atoms with van der Waals surface area (Å²) in [6.45, 7) is 2.14. The summed E-state index contributed by atoms with van der Waals surface area (Å²) in [6, 6.07) is 14.2. The highest BCUT2D eigenvalue weighted by molar-refractivity contribution is 8.27. The molecular weight excluding hydrogens is 456 g/mol. The molecule has 0 bridgehead atoms. The molecule has 0 saturated carbocycles. The van der Waals surface area contributed by atoms with Gasteiger partial charge < -0.3 is 14.4 Å². The molecule has 9 heteroatoms. The summed E-state index contributed by atoms with van der Waals surface area (Å²) in [4.78, 5) is 29.1. The maximum Gasteiger partial charge on any atom is 0.270 e. The maximum absolute atomic E-state index is 13.0. The first kappa shape index (κ1) is 21.8. The molecule has 2 aliphatic rings. The van der Waals surface area contributed by atoms with Crippen molar-refractivity contribution >= 4 is 63.5 Å². The number of thiocarbonyl (C=S) groups is 1. The normalized spacial score (nSPS) is 18.0. The number of carbonyl (C=O) groups is 2. The van der Waals surface area contributed by atoms with Gasteiger partial charge in [-0.2, -0.15) is 0 Å². The first-order valence-corrected chi connectivity index (χ1v) is 11.2. The van der Waals surface area contributed by atoms with E-state index in [2.05, 4.69) is 0 Å². The third kappa shape index (κ3) is 5.10. The van der Waals surface area contributed by atoms with Crippen molar-refractivity contribution in [3.63, 3.8) is 0 Å². The Hall–Kier alpha value is -2.39. The highest BCUT2D eigenvalue weighted by Gasteiger charge is 2.33. The van der Waals surface area contributed by atoms with Gasteiger partial charge in [0.1, 0.15) is 5.75 Å². The van der Waals surface area contributed by atoms with E-state index >= 15 is 0 Å². The Kier molecular flexibility index (Phi) is 6.92. The van der Waals surface area contributed by atoms with E-state index < -0.39 is 0 Å². The zero-order valence-corrected chi connectivity index (χ0v) is 18.8. The number of thioether (sulfide) groups is 1. The lowest BCUT2D eigenvalue weighted by Gasteiger charge is -2.26. The van der Waals surface area contributed by atoms with E-state index in [1.165, 1.54) is 16.7 Å². The van der Waals surface area contributed by atoms with E-state index in [9.17, 15) is 9.59 Å². The van der Waals surface area contributed by atoms with Gasteiger partial charge in [0.2, 0.25) is 0 Å². The molecule has 2 amide bonds. The fraction of sp³-hybridized carbons (Fsp3) is 0.227. The molecule has 4 rings (SSSR count). The average molecular weight is 475 g/mol. The van der Waals surface area contributed by atoms with Gasteiger partial charge in [0.15, 0.2) is 10.9 Å². The number of carbonyl (C=O) groups excluding carboxylic acids is 2. The number of anilines is 1. The number of para-hydroxylation sites is 1. The number of nitrogens with zero attached hydrogens (tertiary/aromatic N) is 2. The van der Waals surface area contributed by atoms with Gasteiger partial charge in [-0.1, -0.05) is 53.8 Å². The zero-order valence-electron chi connectivity index (χ0n) is 16.5. The van der Waals surface area contributed by atoms with Gasteiger partial charge in [-0.25, -0.2) is 0 Å². The molecule has 0 unspecified atom stereocenters. The number of hydrogen-bond acceptors (Lipinski definition) is 6. The van der Waals surface area contributed by atoms with Gasteiger partial charge in [-0.15, -0.1) is 0 Å². The van der Waals surface area contributed by atoms with Crippen LogP contribution < -0.4 is 9.64 Å². The topological polar surface area (TPSA) is 59.1 Å². The lowest BCUT2D eigenvalue weighted by atomic mass is 10.2. The second-order valence-corrected chi connectivity index (χ2v) is 8.93. The SMILES string of the molecule is O=C(COc1ccccc1/C=C1\SC(=S)N(c2ccc(Cl)cc2)C1=O)N1CCOCC1. The second kappa shape index (κ2) is 9.82. The molecule has 31 heavy (non-hydrogen) atoms. The molecule has 2 aliphatic heterocycles. The quantitative estimate of drug-likeness (QED) is 0.482. The fourth-order valence-electron chi connectivity index (χ4n) is 3.20. The third-order valence-electron chi connectivity index (χ3n) is 4.80. The predicted octanol–water partition coefficient (Wildman–Crippen LogP) is 3.98. The summed E-state index contributed by atoms with van der Waals surface area (Å²) in [6.07, 6.45) is 1.74. The van der Waals surface area contributed by atoms with Crippen LogP contribution in [0, 0.1) is 0 Å². The van der Waals surface area contributed by atoms with E-state index in [4.69, 9.17) is 33.3 Å². The molecule has 2 saturated heterocycles. The Morgan fingerprint density at radius 2 is 1.87 bits per heavy atom. The fourth-order valence-corrected chi connectivity index (χ4v) is 4.61. The first-order valence-electron chi connectivity index (χ1n) is 9.64. The van der Waals surface area contributed by atoms with Crippen LogP contribution in [0.2, 0.25) is 5.02 Å². The average Bonchev–Trinajstić information content (AvgIpc) is 3.07. The van der Waals surface area contributed by atoms with E-state index in [0.717, 1.165) is 0 Å². The molecule has 0 aromatic heterocycles. The molecular formula is C22H19ClN2O4S2. The largest absolute Gasteiger partial charge is 0.483 e. The number of amides is 2. The van der Waals surface area contributed by atoms with Crippen LogP contribution >= 0.6 is 35.6 Å². The smallest absolute Gasteiger partial charge is 0.270 e. The lowest BCUT2D eigenvalue weighted by molar-refractivity contribution is -0.137. The first-order chi connectivity index (χ1) is 15.0. The van der Waals surface area contributed by atoms with E-state index in [0.29, 0.717) is 57.6 Å². The number of ether oxygens (including phenoxy) is 2. The Balaban J connectivity index is 1.50. The summed E-state index contributed by atoms with van der Waals surface area (Å²) in [5.74, 6) is 0.226. The summed E-state index contributed by atoms with van der Waals surface area (Å²) in [7, 11) is 0. The highest BCUT2D eigenvalue weighted by atomic mass is 35.5. The zero-order chi connectivity index (χ0) is 21.8. The van der Waals surface area contributed by atoms with Crippen molar-refractivity contribution in [2.24, 2.45) is 0 Å². The summed E-state index contributed by atoms with van der Waals surface area (Å²) in [5, 5.41) is 0.586. The van der Waals surface area contributed by atoms with E-state index in [1.807, 2.05) is 18.2 Å². The van der Waals surface area contributed by atoms with E-state index in [-0.39, 0.29) is 18.4 Å². The van der Waals surface area contributed by atoms with Crippen LogP contribution in [0.5, 0.6) is 5.75 Å². The molecule has 0 spiro atoms. The van der Waals surface area contributed by atoms with Gasteiger partial charge in [0.25, 0.3) is 11.8 Å². The molecule has 2 fully saturated rings. The summed E-state index contributed by atoms with van der Waals surface area (Å²) in [5.41, 5.74) is 1.37. The molecule has 0 aliphatic carbocycles. The van der Waals surface area contributed by atoms with E-state index in [1.54, 1.807) is 41.3 Å². The van der Waals surface area contributed by atoms with Crippen molar-refractivity contribution in [1.82, 2.24) is 4.90 Å². The van der Waals surface area contributed by atoms with Crippen molar-refractivity contribution in [1.29, 1.82) is 0 Å². The lowest BCUT2D eigenvalue weighted by Crippen LogP contribution is -2.43. The number of rotatable bonds is 5. The molecule has 0 radical (unpaired) electrons. The van der Waals surface area contributed by atoms with Gasteiger partial charge >= 0.3 is 0 Å². The van der Waals surface area contributed by atoms with Crippen LogP contribution in [-0.2, 0) is 14.3 Å². The summed E-state index contributed by atoms with van der Waals surface area (Å²) < 4.78 is 11.5. The molecule has 0 atom stereocenters. The molecule has 2 aromatic rings. The maximum atomic E-state index is 13.0. The van der Waals surface area contributed by atoms with Crippen LogP contribution in [0.15, 0.2) is 53.4 Å². The van der Waals surface area contributed by atoms with Crippen LogP contribution in [0.1, 0.15) is 5.56 Å². The summed E-state index contributed by atoms with van der Waals surface area (Å²) >= 11 is 12.6. The second-order valence-electron chi connectivity index (χ2n) is 6.81.